The minimum absolute atomic E-state index is 0.0352. The second kappa shape index (κ2) is 11.2. The molecule has 0 saturated heterocycles. The van der Waals surface area contributed by atoms with E-state index in [4.69, 9.17) is 4.74 Å². The third-order valence-electron chi connectivity index (χ3n) is 5.00. The highest BCUT2D eigenvalue weighted by atomic mass is 32.2. The molecule has 0 spiro atoms. The van der Waals surface area contributed by atoms with Crippen LogP contribution in [0.4, 0.5) is 4.79 Å². The first kappa shape index (κ1) is 27.3. The summed E-state index contributed by atoms with van der Waals surface area (Å²) < 4.78 is 59.3. The Morgan fingerprint density at radius 2 is 1.75 bits per heavy atom. The van der Waals surface area contributed by atoms with Crippen LogP contribution in [0.1, 0.15) is 20.8 Å². The molecule has 0 atom stereocenters. The molecule has 3 rings (SSSR count). The van der Waals surface area contributed by atoms with E-state index in [2.05, 4.69) is 10.3 Å². The van der Waals surface area contributed by atoms with Crippen LogP contribution in [-0.2, 0) is 24.6 Å². The fraction of sp³-hybridized carbons (Fsp3) is 0.280. The van der Waals surface area contributed by atoms with E-state index in [0.717, 1.165) is 4.31 Å². The summed E-state index contributed by atoms with van der Waals surface area (Å²) in [5.74, 6) is -0.421. The summed E-state index contributed by atoms with van der Waals surface area (Å²) in [6.07, 6.45) is 5.05. The molecule has 0 aliphatic carbocycles. The molecule has 0 bridgehead atoms. The van der Waals surface area contributed by atoms with Gasteiger partial charge in [0.25, 0.3) is 0 Å². The Morgan fingerprint density at radius 3 is 2.44 bits per heavy atom. The van der Waals surface area contributed by atoms with E-state index in [1.807, 2.05) is 0 Å². The summed E-state index contributed by atoms with van der Waals surface area (Å²) in [7, 11) is -7.85. The molecule has 0 fully saturated rings. The normalized spacial score (nSPS) is 12.8. The maximum Gasteiger partial charge on any atom is 0.411 e. The summed E-state index contributed by atoms with van der Waals surface area (Å²) in [5, 5.41) is 3.53. The van der Waals surface area contributed by atoms with Gasteiger partial charge in [-0.2, -0.15) is 4.31 Å². The number of sulfonamides is 1. The Morgan fingerprint density at radius 1 is 1.03 bits per heavy atom. The highest BCUT2D eigenvalue weighted by molar-refractivity contribution is 7.91. The van der Waals surface area contributed by atoms with Crippen molar-refractivity contribution in [2.45, 2.75) is 36.2 Å². The maximum atomic E-state index is 13.7. The lowest BCUT2D eigenvalue weighted by atomic mass is 10.2. The van der Waals surface area contributed by atoms with E-state index in [1.54, 1.807) is 63.4 Å². The number of nitrogens with zero attached hydrogens (tertiary/aromatic N) is 2. The second-order valence-electron chi connectivity index (χ2n) is 8.90. The number of sulfone groups is 1. The van der Waals surface area contributed by atoms with Crippen LogP contribution in [0.2, 0.25) is 0 Å². The van der Waals surface area contributed by atoms with Crippen molar-refractivity contribution < 1.29 is 26.4 Å². The number of hydrogen-bond acceptors (Lipinski definition) is 7. The largest absolute Gasteiger partial charge is 0.444 e. The lowest BCUT2D eigenvalue weighted by molar-refractivity contribution is 0.0552. The average molecular weight is 532 g/mol. The highest BCUT2D eigenvalue weighted by Crippen LogP contribution is 2.25. The summed E-state index contributed by atoms with van der Waals surface area (Å²) >= 11 is 0. The highest BCUT2D eigenvalue weighted by Gasteiger charge is 2.27. The number of nitrogens with one attached hydrogen (secondary N) is 1. The first-order chi connectivity index (χ1) is 16.9. The number of pyridine rings is 1. The van der Waals surface area contributed by atoms with Crippen molar-refractivity contribution in [3.8, 4) is 0 Å². The van der Waals surface area contributed by atoms with Gasteiger partial charge in [0, 0.05) is 42.5 Å². The molecule has 9 nitrogen and oxygen atoms in total. The molecule has 3 aromatic rings. The molecule has 1 N–H and O–H groups in total. The maximum absolute atomic E-state index is 13.7. The fourth-order valence-corrected chi connectivity index (χ4v) is 6.33. The summed E-state index contributed by atoms with van der Waals surface area (Å²) in [6, 6.07) is 14.3. The third-order valence-corrected chi connectivity index (χ3v) is 8.63. The zero-order valence-electron chi connectivity index (χ0n) is 20.3. The Balaban J connectivity index is 1.87. The topological polar surface area (TPSA) is 123 Å². The van der Waals surface area contributed by atoms with Gasteiger partial charge in [0.1, 0.15) is 5.60 Å². The van der Waals surface area contributed by atoms with Crippen molar-refractivity contribution in [1.82, 2.24) is 14.6 Å². The number of rotatable bonds is 9. The standard InChI is InChI=1S/C25H29N3O6S2/c1-25(2,3)34-24(29)27-14-8-16-28(17-18-35(30,31)21-10-5-4-6-11-21)36(32,33)23-12-7-9-20-19-26-15-13-22(20)23/h4-15,19H,16-18H2,1-3H3,(H,27,29). The first-order valence-corrected chi connectivity index (χ1v) is 14.2. The summed E-state index contributed by atoms with van der Waals surface area (Å²) in [5.41, 5.74) is -0.692. The molecule has 0 aliphatic rings. The van der Waals surface area contributed by atoms with Gasteiger partial charge in [0.2, 0.25) is 10.0 Å². The zero-order valence-corrected chi connectivity index (χ0v) is 21.9. The van der Waals surface area contributed by atoms with Crippen molar-refractivity contribution in [2.75, 3.05) is 18.8 Å². The molecular weight excluding hydrogens is 502 g/mol. The quantitative estimate of drug-likeness (QED) is 0.446. The number of ether oxygens (including phenoxy) is 1. The van der Waals surface area contributed by atoms with Gasteiger partial charge >= 0.3 is 6.09 Å². The van der Waals surface area contributed by atoms with Crippen LogP contribution in [0.5, 0.6) is 0 Å². The van der Waals surface area contributed by atoms with E-state index in [1.165, 1.54) is 36.7 Å². The number of aromatic nitrogens is 1. The number of carbonyl (C=O) groups is 1. The number of hydrogen-bond donors (Lipinski definition) is 1. The van der Waals surface area contributed by atoms with E-state index in [9.17, 15) is 21.6 Å². The SMILES string of the molecule is CC(C)(C)OC(=O)NC=CCN(CCS(=O)(=O)c1ccccc1)S(=O)(=O)c1cccc2cnccc12. The second-order valence-corrected chi connectivity index (χ2v) is 12.9. The Labute approximate surface area is 211 Å². The van der Waals surface area contributed by atoms with E-state index in [-0.39, 0.29) is 22.9 Å². The predicted molar refractivity (Wildman–Crippen MR) is 138 cm³/mol. The number of fused-ring (bicyclic) bond motifs is 1. The summed E-state index contributed by atoms with van der Waals surface area (Å²) in [6.45, 7) is 4.69. The average Bonchev–Trinajstić information content (AvgIpc) is 2.82. The molecule has 192 valence electrons. The van der Waals surface area contributed by atoms with Crippen LogP contribution in [0.25, 0.3) is 10.8 Å². The van der Waals surface area contributed by atoms with Crippen LogP contribution in [0, 0.1) is 0 Å². The molecule has 2 aromatic carbocycles. The molecule has 0 radical (unpaired) electrons. The van der Waals surface area contributed by atoms with Gasteiger partial charge in [0.15, 0.2) is 9.84 Å². The van der Waals surface area contributed by atoms with Gasteiger partial charge in [-0.25, -0.2) is 21.6 Å². The number of carbonyl (C=O) groups excluding carboxylic acids is 1. The predicted octanol–water partition coefficient (Wildman–Crippen LogP) is 3.74. The van der Waals surface area contributed by atoms with Crippen LogP contribution in [0.3, 0.4) is 0 Å². The minimum atomic E-state index is -4.12. The third kappa shape index (κ3) is 7.12. The number of benzene rings is 2. The van der Waals surface area contributed by atoms with Gasteiger partial charge in [0.05, 0.1) is 15.5 Å². The lowest BCUT2D eigenvalue weighted by Gasteiger charge is -2.22. The van der Waals surface area contributed by atoms with Crippen molar-refractivity contribution >= 4 is 36.7 Å². The van der Waals surface area contributed by atoms with Crippen molar-refractivity contribution in [1.29, 1.82) is 0 Å². The molecule has 0 unspecified atom stereocenters. The number of amides is 1. The molecule has 0 saturated carbocycles. The zero-order chi connectivity index (χ0) is 26.4. The fourth-order valence-electron chi connectivity index (χ4n) is 3.34. The molecular formula is C25H29N3O6S2. The van der Waals surface area contributed by atoms with E-state index >= 15 is 0 Å². The summed E-state index contributed by atoms with van der Waals surface area (Å²) in [4.78, 5) is 16.1. The van der Waals surface area contributed by atoms with Crippen LogP contribution >= 0.6 is 0 Å². The Hall–Kier alpha value is -3.28. The molecule has 1 aromatic heterocycles. The molecule has 0 aliphatic heterocycles. The Bertz CT molecular complexity index is 1440. The smallest absolute Gasteiger partial charge is 0.411 e. The van der Waals surface area contributed by atoms with Gasteiger partial charge in [-0.05, 0) is 45.0 Å². The van der Waals surface area contributed by atoms with Crippen LogP contribution < -0.4 is 5.32 Å². The van der Waals surface area contributed by atoms with Crippen molar-refractivity contribution in [3.05, 3.63) is 79.3 Å². The molecule has 1 amide bonds. The lowest BCUT2D eigenvalue weighted by Crippen LogP contribution is -2.36. The van der Waals surface area contributed by atoms with Crippen LogP contribution in [-0.4, -0.2) is 56.7 Å². The molecule has 36 heavy (non-hydrogen) atoms. The van der Waals surface area contributed by atoms with Gasteiger partial charge < -0.3 is 4.74 Å². The van der Waals surface area contributed by atoms with E-state index in [0.29, 0.717) is 10.8 Å². The van der Waals surface area contributed by atoms with Gasteiger partial charge in [-0.3, -0.25) is 10.3 Å². The number of alkyl carbamates (subject to hydrolysis) is 1. The van der Waals surface area contributed by atoms with E-state index < -0.39 is 37.3 Å². The Kier molecular flexibility index (Phi) is 8.49. The van der Waals surface area contributed by atoms with Crippen LogP contribution in [0.15, 0.2) is 89.1 Å². The van der Waals surface area contributed by atoms with Crippen molar-refractivity contribution in [2.24, 2.45) is 0 Å². The van der Waals surface area contributed by atoms with Crippen molar-refractivity contribution in [3.63, 3.8) is 0 Å². The molecule has 1 heterocycles. The monoisotopic (exact) mass is 531 g/mol. The van der Waals surface area contributed by atoms with Gasteiger partial charge in [-0.15, -0.1) is 0 Å². The first-order valence-electron chi connectivity index (χ1n) is 11.2. The van der Waals surface area contributed by atoms with Gasteiger partial charge in [-0.1, -0.05) is 36.4 Å². The molecule has 11 heteroatoms. The minimum Gasteiger partial charge on any atom is -0.444 e.